The molecule has 0 aromatic heterocycles. The van der Waals surface area contributed by atoms with Crippen LogP contribution in [0.25, 0.3) is 0 Å². The summed E-state index contributed by atoms with van der Waals surface area (Å²) >= 11 is 6.16. The summed E-state index contributed by atoms with van der Waals surface area (Å²) in [7, 11) is 0. The summed E-state index contributed by atoms with van der Waals surface area (Å²) in [5.41, 5.74) is 6.91. The lowest BCUT2D eigenvalue weighted by Gasteiger charge is -2.23. The van der Waals surface area contributed by atoms with E-state index >= 15 is 0 Å². The van der Waals surface area contributed by atoms with Gasteiger partial charge in [0, 0.05) is 6.54 Å². The summed E-state index contributed by atoms with van der Waals surface area (Å²) in [6.07, 6.45) is -0.728. The maximum absolute atomic E-state index is 9.76. The molecule has 0 radical (unpaired) electrons. The Morgan fingerprint density at radius 2 is 2.19 bits per heavy atom. The standard InChI is InChI=1S/C11H14ClNO3/c1-6-7(8(14)5-13)4-9-11(10(6)12)16-3-2-15-9/h4,8,14H,2-3,5,13H2,1H3. The number of fused-ring (bicyclic) bond motifs is 1. The first-order valence-corrected chi connectivity index (χ1v) is 5.49. The number of benzene rings is 1. The monoisotopic (exact) mass is 243 g/mol. The molecule has 4 nitrogen and oxygen atoms in total. The Morgan fingerprint density at radius 1 is 1.50 bits per heavy atom. The molecule has 0 amide bonds. The summed E-state index contributed by atoms with van der Waals surface area (Å²) in [4.78, 5) is 0. The molecule has 2 rings (SSSR count). The third-order valence-corrected chi connectivity index (χ3v) is 3.10. The molecule has 0 aliphatic carbocycles. The number of hydrogen-bond donors (Lipinski definition) is 2. The van der Waals surface area contributed by atoms with Gasteiger partial charge in [-0.25, -0.2) is 0 Å². The largest absolute Gasteiger partial charge is 0.486 e. The molecule has 1 aromatic carbocycles. The van der Waals surface area contributed by atoms with Crippen molar-refractivity contribution in [2.75, 3.05) is 19.8 Å². The molecule has 0 bridgehead atoms. The number of aliphatic hydroxyl groups excluding tert-OH is 1. The molecular formula is C11H14ClNO3. The second kappa shape index (κ2) is 4.49. The first kappa shape index (κ1) is 11.5. The fourth-order valence-electron chi connectivity index (χ4n) is 1.73. The van der Waals surface area contributed by atoms with E-state index in [1.165, 1.54) is 0 Å². The van der Waals surface area contributed by atoms with Gasteiger partial charge in [0.05, 0.1) is 11.1 Å². The fourth-order valence-corrected chi connectivity index (χ4v) is 1.99. The summed E-state index contributed by atoms with van der Waals surface area (Å²) in [5, 5.41) is 10.2. The minimum atomic E-state index is -0.728. The maximum Gasteiger partial charge on any atom is 0.180 e. The van der Waals surface area contributed by atoms with Crippen molar-refractivity contribution in [2.45, 2.75) is 13.0 Å². The van der Waals surface area contributed by atoms with Crippen LogP contribution in [0, 0.1) is 6.92 Å². The molecule has 1 aromatic rings. The second-order valence-electron chi connectivity index (χ2n) is 3.68. The highest BCUT2D eigenvalue weighted by atomic mass is 35.5. The van der Waals surface area contributed by atoms with E-state index in [4.69, 9.17) is 26.8 Å². The van der Waals surface area contributed by atoms with Gasteiger partial charge in [-0.1, -0.05) is 11.6 Å². The van der Waals surface area contributed by atoms with Gasteiger partial charge >= 0.3 is 0 Å². The molecule has 1 unspecified atom stereocenters. The fraction of sp³-hybridized carbons (Fsp3) is 0.455. The van der Waals surface area contributed by atoms with Crippen molar-refractivity contribution < 1.29 is 14.6 Å². The minimum Gasteiger partial charge on any atom is -0.486 e. The number of nitrogens with two attached hydrogens (primary N) is 1. The first-order valence-electron chi connectivity index (χ1n) is 5.12. The number of rotatable bonds is 2. The normalized spacial score (nSPS) is 16.0. The van der Waals surface area contributed by atoms with E-state index in [9.17, 15) is 5.11 Å². The molecule has 0 saturated carbocycles. The van der Waals surface area contributed by atoms with Gasteiger partial charge in [0.1, 0.15) is 13.2 Å². The summed E-state index contributed by atoms with van der Waals surface area (Å²) < 4.78 is 10.9. The van der Waals surface area contributed by atoms with Crippen LogP contribution in [0.4, 0.5) is 0 Å². The van der Waals surface area contributed by atoms with Crippen LogP contribution in [0.1, 0.15) is 17.2 Å². The maximum atomic E-state index is 9.76. The zero-order chi connectivity index (χ0) is 11.7. The van der Waals surface area contributed by atoms with Crippen LogP contribution < -0.4 is 15.2 Å². The van der Waals surface area contributed by atoms with Crippen LogP contribution >= 0.6 is 11.6 Å². The van der Waals surface area contributed by atoms with Gasteiger partial charge in [-0.15, -0.1) is 0 Å². The van der Waals surface area contributed by atoms with Crippen molar-refractivity contribution in [3.63, 3.8) is 0 Å². The van der Waals surface area contributed by atoms with Gasteiger partial charge in [0.15, 0.2) is 11.5 Å². The SMILES string of the molecule is Cc1c(C(O)CN)cc2c(c1Cl)OCCO2. The van der Waals surface area contributed by atoms with Gasteiger partial charge in [-0.2, -0.15) is 0 Å². The summed E-state index contributed by atoms with van der Waals surface area (Å²) in [6, 6.07) is 1.74. The second-order valence-corrected chi connectivity index (χ2v) is 4.06. The van der Waals surface area contributed by atoms with Crippen molar-refractivity contribution in [1.82, 2.24) is 0 Å². The van der Waals surface area contributed by atoms with Crippen molar-refractivity contribution in [2.24, 2.45) is 5.73 Å². The topological polar surface area (TPSA) is 64.7 Å². The number of hydrogen-bond acceptors (Lipinski definition) is 4. The van der Waals surface area contributed by atoms with Crippen LogP contribution in [0.15, 0.2) is 6.07 Å². The molecule has 3 N–H and O–H groups in total. The van der Waals surface area contributed by atoms with E-state index in [1.54, 1.807) is 6.07 Å². The molecular weight excluding hydrogens is 230 g/mol. The number of halogens is 1. The van der Waals surface area contributed by atoms with Crippen LogP contribution in [0.3, 0.4) is 0 Å². The smallest absolute Gasteiger partial charge is 0.180 e. The van der Waals surface area contributed by atoms with Crippen LogP contribution in [-0.2, 0) is 0 Å². The van der Waals surface area contributed by atoms with E-state index in [0.29, 0.717) is 35.3 Å². The predicted octanol–water partition coefficient (Wildman–Crippen LogP) is 1.41. The van der Waals surface area contributed by atoms with Crippen molar-refractivity contribution in [1.29, 1.82) is 0 Å². The highest BCUT2D eigenvalue weighted by molar-refractivity contribution is 6.33. The Bertz CT molecular complexity index is 409. The van der Waals surface area contributed by atoms with E-state index in [-0.39, 0.29) is 6.54 Å². The zero-order valence-corrected chi connectivity index (χ0v) is 9.75. The lowest BCUT2D eigenvalue weighted by Crippen LogP contribution is -2.18. The van der Waals surface area contributed by atoms with Crippen LogP contribution in [-0.4, -0.2) is 24.9 Å². The molecule has 16 heavy (non-hydrogen) atoms. The Balaban J connectivity index is 2.52. The zero-order valence-electron chi connectivity index (χ0n) is 9.00. The molecule has 0 spiro atoms. The van der Waals surface area contributed by atoms with Gasteiger partial charge in [0.25, 0.3) is 0 Å². The molecule has 0 fully saturated rings. The molecule has 1 atom stereocenters. The lowest BCUT2D eigenvalue weighted by atomic mass is 10.0. The average molecular weight is 244 g/mol. The average Bonchev–Trinajstić information content (AvgIpc) is 2.33. The minimum absolute atomic E-state index is 0.150. The lowest BCUT2D eigenvalue weighted by molar-refractivity contribution is 0.166. The molecule has 1 heterocycles. The Labute approximate surface area is 98.9 Å². The van der Waals surface area contributed by atoms with Crippen LogP contribution in [0.2, 0.25) is 5.02 Å². The first-order chi connectivity index (χ1) is 7.65. The molecule has 88 valence electrons. The van der Waals surface area contributed by atoms with Gasteiger partial charge in [-0.05, 0) is 24.1 Å². The predicted molar refractivity (Wildman–Crippen MR) is 61.2 cm³/mol. The molecule has 1 aliphatic rings. The third-order valence-electron chi connectivity index (χ3n) is 2.64. The Morgan fingerprint density at radius 3 is 2.88 bits per heavy atom. The van der Waals surface area contributed by atoms with Gasteiger partial charge < -0.3 is 20.3 Å². The molecule has 5 heteroatoms. The quantitative estimate of drug-likeness (QED) is 0.825. The number of ether oxygens (including phenoxy) is 2. The Hall–Kier alpha value is -0.970. The van der Waals surface area contributed by atoms with Gasteiger partial charge in [0.2, 0.25) is 0 Å². The van der Waals surface area contributed by atoms with E-state index in [2.05, 4.69) is 0 Å². The summed E-state index contributed by atoms with van der Waals surface area (Å²) in [5.74, 6) is 1.13. The molecule has 0 saturated heterocycles. The Kier molecular flexibility index (Phi) is 3.23. The van der Waals surface area contributed by atoms with Crippen molar-refractivity contribution in [3.05, 3.63) is 22.2 Å². The van der Waals surface area contributed by atoms with Gasteiger partial charge in [-0.3, -0.25) is 0 Å². The molecule has 1 aliphatic heterocycles. The van der Waals surface area contributed by atoms with Crippen molar-refractivity contribution in [3.8, 4) is 11.5 Å². The third kappa shape index (κ3) is 1.84. The van der Waals surface area contributed by atoms with Crippen LogP contribution in [0.5, 0.6) is 11.5 Å². The highest BCUT2D eigenvalue weighted by Crippen LogP contribution is 2.42. The van der Waals surface area contributed by atoms with E-state index < -0.39 is 6.10 Å². The summed E-state index contributed by atoms with van der Waals surface area (Å²) in [6.45, 7) is 2.96. The van der Waals surface area contributed by atoms with E-state index in [0.717, 1.165) is 5.56 Å². The van der Waals surface area contributed by atoms with Crippen molar-refractivity contribution >= 4 is 11.6 Å². The number of aliphatic hydroxyl groups is 1. The van der Waals surface area contributed by atoms with E-state index in [1.807, 2.05) is 6.92 Å². The highest BCUT2D eigenvalue weighted by Gasteiger charge is 2.22.